The van der Waals surface area contributed by atoms with Gasteiger partial charge in [-0.05, 0) is 55.5 Å². The number of aryl methyl sites for hydroxylation is 1. The zero-order chi connectivity index (χ0) is 31.2. The highest BCUT2D eigenvalue weighted by Crippen LogP contribution is 2.39. The van der Waals surface area contributed by atoms with Gasteiger partial charge in [0.25, 0.3) is 0 Å². The molecule has 1 aliphatic heterocycles. The number of ether oxygens (including phenoxy) is 1. The molecule has 0 aliphatic carbocycles. The van der Waals surface area contributed by atoms with Gasteiger partial charge in [-0.2, -0.15) is 26.3 Å². The van der Waals surface area contributed by atoms with E-state index in [2.05, 4.69) is 10.6 Å². The number of nitrogens with one attached hydrogen (secondary N) is 2. The van der Waals surface area contributed by atoms with Gasteiger partial charge < -0.3 is 25.4 Å². The lowest BCUT2D eigenvalue weighted by Gasteiger charge is -2.38. The van der Waals surface area contributed by atoms with E-state index in [1.165, 1.54) is 32.2 Å². The van der Waals surface area contributed by atoms with Gasteiger partial charge in [0.05, 0.1) is 18.2 Å². The van der Waals surface area contributed by atoms with Gasteiger partial charge in [0.1, 0.15) is 6.04 Å². The summed E-state index contributed by atoms with van der Waals surface area (Å²) in [4.78, 5) is 28.7. The number of amides is 3. The zero-order valence-corrected chi connectivity index (χ0v) is 23.4. The summed E-state index contributed by atoms with van der Waals surface area (Å²) in [5.74, 6) is -0.480. The summed E-state index contributed by atoms with van der Waals surface area (Å²) in [7, 11) is 4.36. The molecule has 3 amide bonds. The molecule has 0 saturated carbocycles. The van der Waals surface area contributed by atoms with Crippen molar-refractivity contribution in [3.8, 4) is 11.5 Å². The lowest BCUT2D eigenvalue weighted by Crippen LogP contribution is -2.50. The fraction of sp³-hybridized carbons (Fsp3) is 0.500. The molecule has 42 heavy (non-hydrogen) atoms. The number of phenolic OH excluding ortho intramolecular Hbond substituents is 1. The predicted molar refractivity (Wildman–Crippen MR) is 142 cm³/mol. The molecule has 1 atom stereocenters. The van der Waals surface area contributed by atoms with Crippen LogP contribution in [0.15, 0.2) is 36.4 Å². The smallest absolute Gasteiger partial charge is 0.416 e. The van der Waals surface area contributed by atoms with Crippen molar-refractivity contribution in [1.82, 2.24) is 20.4 Å². The van der Waals surface area contributed by atoms with Crippen LogP contribution in [0.1, 0.15) is 47.6 Å². The number of halogens is 6. The number of aromatic hydroxyl groups is 1. The normalized spacial score (nSPS) is 15.6. The van der Waals surface area contributed by atoms with E-state index < -0.39 is 35.4 Å². The maximum Gasteiger partial charge on any atom is 0.416 e. The van der Waals surface area contributed by atoms with Gasteiger partial charge in [-0.15, -0.1) is 0 Å². The van der Waals surface area contributed by atoms with Crippen LogP contribution in [0.5, 0.6) is 11.5 Å². The first-order valence-corrected chi connectivity index (χ1v) is 13.3. The molecular formula is C28H34F6N4O4. The number of nitrogens with zero attached hydrogens (tertiary/aromatic N) is 2. The number of urea groups is 1. The van der Waals surface area contributed by atoms with Crippen molar-refractivity contribution < 1.29 is 45.8 Å². The van der Waals surface area contributed by atoms with Crippen LogP contribution in [0.4, 0.5) is 31.1 Å². The van der Waals surface area contributed by atoms with Crippen LogP contribution in [0, 0.1) is 0 Å². The van der Waals surface area contributed by atoms with Gasteiger partial charge in [-0.1, -0.05) is 12.1 Å². The van der Waals surface area contributed by atoms with Crippen molar-refractivity contribution >= 4 is 11.9 Å². The van der Waals surface area contributed by atoms with E-state index in [1.54, 1.807) is 12.1 Å². The highest BCUT2D eigenvalue weighted by molar-refractivity contribution is 5.84. The van der Waals surface area contributed by atoms with Crippen molar-refractivity contribution in [2.24, 2.45) is 0 Å². The maximum atomic E-state index is 13.8. The lowest BCUT2D eigenvalue weighted by atomic mass is 9.97. The Labute approximate surface area is 239 Å². The topological polar surface area (TPSA) is 94.1 Å². The lowest BCUT2D eigenvalue weighted by molar-refractivity contribution is -0.143. The van der Waals surface area contributed by atoms with Crippen LogP contribution in [0.25, 0.3) is 0 Å². The Morgan fingerprint density at radius 1 is 1.07 bits per heavy atom. The highest BCUT2D eigenvalue weighted by atomic mass is 19.4. The number of hydrogen-bond donors (Lipinski definition) is 3. The largest absolute Gasteiger partial charge is 0.504 e. The first-order chi connectivity index (χ1) is 19.6. The maximum absolute atomic E-state index is 13.8. The van der Waals surface area contributed by atoms with E-state index in [0.29, 0.717) is 38.1 Å². The number of para-hydroxylation sites is 1. The Morgan fingerprint density at radius 2 is 1.67 bits per heavy atom. The van der Waals surface area contributed by atoms with Crippen LogP contribution >= 0.6 is 0 Å². The molecule has 1 heterocycles. The van der Waals surface area contributed by atoms with Crippen LogP contribution in [0.3, 0.4) is 0 Å². The van der Waals surface area contributed by atoms with Gasteiger partial charge in [0.15, 0.2) is 11.5 Å². The second kappa shape index (κ2) is 13.5. The number of likely N-dealkylation sites (tertiary alicyclic amines) is 1. The second-order valence-corrected chi connectivity index (χ2v) is 10.1. The predicted octanol–water partition coefficient (Wildman–Crippen LogP) is 4.96. The van der Waals surface area contributed by atoms with Gasteiger partial charge in [-0.3, -0.25) is 9.69 Å². The number of benzene rings is 2. The van der Waals surface area contributed by atoms with E-state index in [0.717, 1.165) is 0 Å². The van der Waals surface area contributed by atoms with Crippen LogP contribution in [0.2, 0.25) is 0 Å². The number of alkyl halides is 6. The Hall–Kier alpha value is -3.68. The third-order valence-corrected chi connectivity index (χ3v) is 7.22. The van der Waals surface area contributed by atoms with Gasteiger partial charge in [-0.25, -0.2) is 4.79 Å². The first-order valence-electron chi connectivity index (χ1n) is 13.3. The van der Waals surface area contributed by atoms with E-state index in [-0.39, 0.29) is 60.2 Å². The summed E-state index contributed by atoms with van der Waals surface area (Å²) in [6, 6.07) is 4.81. The van der Waals surface area contributed by atoms with Crippen molar-refractivity contribution in [3.63, 3.8) is 0 Å². The van der Waals surface area contributed by atoms with Crippen molar-refractivity contribution in [3.05, 3.63) is 58.7 Å². The number of methoxy groups -OCH3 is 1. The molecular weight excluding hydrogens is 570 g/mol. The quantitative estimate of drug-likeness (QED) is 0.352. The summed E-state index contributed by atoms with van der Waals surface area (Å²) < 4.78 is 84.6. The third-order valence-electron chi connectivity index (χ3n) is 7.22. The molecule has 3 rings (SSSR count). The average molecular weight is 605 g/mol. The Bertz CT molecular complexity index is 1210. The summed E-state index contributed by atoms with van der Waals surface area (Å²) in [6.45, 7) is 0.840. The summed E-state index contributed by atoms with van der Waals surface area (Å²) in [6.07, 6.45) is -8.87. The Balaban J connectivity index is 1.78. The van der Waals surface area contributed by atoms with E-state index >= 15 is 0 Å². The molecule has 14 heteroatoms. The fourth-order valence-corrected chi connectivity index (χ4v) is 4.97. The van der Waals surface area contributed by atoms with Crippen molar-refractivity contribution in [2.45, 2.75) is 50.1 Å². The number of likely N-dealkylation sites (N-methyl/N-ethyl adjacent to an activating group) is 1. The van der Waals surface area contributed by atoms with E-state index in [4.69, 9.17) is 4.74 Å². The average Bonchev–Trinajstić information content (AvgIpc) is 2.93. The molecule has 0 radical (unpaired) electrons. The van der Waals surface area contributed by atoms with Gasteiger partial charge in [0, 0.05) is 45.3 Å². The molecule has 1 fully saturated rings. The SMILES string of the molecule is CNC(=O)NC1CCN([C@H](C(=O)N(C)CCCc2cc(C(F)(F)F)cc(C(F)(F)F)c2)c2cccc(OC)c2O)CC1. The minimum Gasteiger partial charge on any atom is -0.504 e. The van der Waals surface area contributed by atoms with E-state index in [1.807, 2.05) is 4.90 Å². The molecule has 0 spiro atoms. The van der Waals surface area contributed by atoms with Crippen LogP contribution < -0.4 is 15.4 Å². The molecule has 1 saturated heterocycles. The minimum absolute atomic E-state index is 0.0341. The molecule has 232 valence electrons. The summed E-state index contributed by atoms with van der Waals surface area (Å²) in [5.41, 5.74) is -2.64. The standard InChI is InChI=1S/C28H34F6N4O4/c1-35-26(41)36-20-9-12-38(13-10-20)23(21-7-4-8-22(42-3)24(21)39)25(40)37(2)11-5-6-17-14-18(27(29,30)31)16-19(15-17)28(32,33)34/h4,7-8,14-16,20,23,39H,5-6,9-13H2,1-3H3,(H2,35,36,41)/t23-/m0/s1. The molecule has 3 N–H and O–H groups in total. The molecule has 2 aromatic rings. The number of phenols is 1. The minimum atomic E-state index is -4.95. The summed E-state index contributed by atoms with van der Waals surface area (Å²) in [5, 5.41) is 16.2. The molecule has 8 nitrogen and oxygen atoms in total. The second-order valence-electron chi connectivity index (χ2n) is 10.1. The Kier molecular flexibility index (Phi) is 10.6. The highest BCUT2D eigenvalue weighted by Gasteiger charge is 2.38. The number of hydrogen-bond acceptors (Lipinski definition) is 5. The van der Waals surface area contributed by atoms with Gasteiger partial charge >= 0.3 is 18.4 Å². The molecule has 0 bridgehead atoms. The van der Waals surface area contributed by atoms with Gasteiger partial charge in [0.2, 0.25) is 5.91 Å². The first kappa shape index (κ1) is 32.8. The fourth-order valence-electron chi connectivity index (χ4n) is 4.97. The van der Waals surface area contributed by atoms with Crippen molar-refractivity contribution in [1.29, 1.82) is 0 Å². The number of carbonyl (C=O) groups is 2. The molecule has 2 aromatic carbocycles. The zero-order valence-electron chi connectivity index (χ0n) is 23.4. The molecule has 0 aromatic heterocycles. The number of piperidine rings is 1. The molecule has 0 unspecified atom stereocenters. The van der Waals surface area contributed by atoms with Crippen LogP contribution in [-0.2, 0) is 23.6 Å². The number of carbonyl (C=O) groups excluding carboxylic acids is 2. The summed E-state index contributed by atoms with van der Waals surface area (Å²) >= 11 is 0. The third kappa shape index (κ3) is 8.20. The van der Waals surface area contributed by atoms with E-state index in [9.17, 15) is 41.0 Å². The van der Waals surface area contributed by atoms with Crippen LogP contribution in [-0.4, -0.2) is 73.7 Å². The monoisotopic (exact) mass is 604 g/mol. The van der Waals surface area contributed by atoms with Crippen molar-refractivity contribution in [2.75, 3.05) is 40.8 Å². The molecule has 1 aliphatic rings. The number of rotatable bonds is 9. The Morgan fingerprint density at radius 3 is 2.19 bits per heavy atom.